The van der Waals surface area contributed by atoms with E-state index >= 15 is 0 Å². The zero-order chi connectivity index (χ0) is 18.4. The van der Waals surface area contributed by atoms with Gasteiger partial charge in [0.25, 0.3) is 0 Å². The quantitative estimate of drug-likeness (QED) is 0.733. The van der Waals surface area contributed by atoms with Gasteiger partial charge in [0, 0.05) is 24.2 Å². The molecule has 2 aromatic heterocycles. The average molecular weight is 360 g/mol. The van der Waals surface area contributed by atoms with Crippen LogP contribution in [0.5, 0.6) is 17.5 Å². The van der Waals surface area contributed by atoms with E-state index in [1.54, 1.807) is 24.5 Å². The lowest BCUT2D eigenvalue weighted by Gasteiger charge is -2.18. The van der Waals surface area contributed by atoms with Gasteiger partial charge in [-0.05, 0) is 60.4 Å². The number of fused-ring (bicyclic) bond motifs is 5. The fourth-order valence-corrected chi connectivity index (χ4v) is 4.30. The van der Waals surface area contributed by atoms with Crippen molar-refractivity contribution in [3.05, 3.63) is 66.0 Å². The van der Waals surface area contributed by atoms with E-state index in [4.69, 9.17) is 20.9 Å². The van der Waals surface area contributed by atoms with Crippen molar-refractivity contribution in [3.8, 4) is 17.5 Å². The Hall–Kier alpha value is -3.28. The minimum absolute atomic E-state index is 0.0624. The number of hydrogen-bond acceptors (Lipinski definition) is 6. The third kappa shape index (κ3) is 2.65. The summed E-state index contributed by atoms with van der Waals surface area (Å²) in [7, 11) is 0. The van der Waals surface area contributed by atoms with E-state index in [1.165, 1.54) is 11.1 Å². The molecule has 0 saturated heterocycles. The zero-order valence-corrected chi connectivity index (χ0v) is 14.7. The Balaban J connectivity index is 1.42. The number of pyridine rings is 2. The molecule has 6 heteroatoms. The number of benzene rings is 1. The number of nitrogen functional groups attached to an aromatic ring is 2. The number of aromatic nitrogens is 2. The van der Waals surface area contributed by atoms with E-state index in [0.717, 1.165) is 18.6 Å². The van der Waals surface area contributed by atoms with E-state index in [2.05, 4.69) is 22.1 Å². The van der Waals surface area contributed by atoms with Crippen LogP contribution < -0.4 is 20.9 Å². The van der Waals surface area contributed by atoms with E-state index in [-0.39, 0.29) is 6.10 Å². The molecule has 0 aliphatic heterocycles. The molecule has 3 aromatic rings. The Labute approximate surface area is 157 Å². The van der Waals surface area contributed by atoms with Crippen LogP contribution in [0.4, 0.5) is 11.4 Å². The predicted molar refractivity (Wildman–Crippen MR) is 103 cm³/mol. The van der Waals surface area contributed by atoms with Crippen molar-refractivity contribution >= 4 is 11.4 Å². The number of ether oxygens (including phenoxy) is 2. The highest BCUT2D eigenvalue weighted by Gasteiger charge is 2.48. The van der Waals surface area contributed by atoms with Crippen molar-refractivity contribution in [2.45, 2.75) is 30.8 Å². The summed E-state index contributed by atoms with van der Waals surface area (Å²) in [5.41, 5.74) is 15.6. The molecule has 1 fully saturated rings. The zero-order valence-electron chi connectivity index (χ0n) is 14.7. The molecule has 6 nitrogen and oxygen atoms in total. The molecule has 0 radical (unpaired) electrons. The van der Waals surface area contributed by atoms with Crippen LogP contribution in [0, 0.1) is 0 Å². The lowest BCUT2D eigenvalue weighted by Crippen LogP contribution is -2.20. The number of nitrogens with zero attached hydrogens (tertiary/aromatic N) is 2. The first-order valence-corrected chi connectivity index (χ1v) is 9.10. The Kier molecular flexibility index (Phi) is 3.63. The lowest BCUT2D eigenvalue weighted by molar-refractivity contribution is 0.180. The monoisotopic (exact) mass is 360 g/mol. The van der Waals surface area contributed by atoms with Gasteiger partial charge >= 0.3 is 0 Å². The minimum Gasteiger partial charge on any atom is -0.472 e. The van der Waals surface area contributed by atoms with Crippen molar-refractivity contribution < 1.29 is 9.47 Å². The highest BCUT2D eigenvalue weighted by Crippen LogP contribution is 2.55. The van der Waals surface area contributed by atoms with Crippen LogP contribution in [0.3, 0.4) is 0 Å². The van der Waals surface area contributed by atoms with Crippen LogP contribution in [0.25, 0.3) is 0 Å². The van der Waals surface area contributed by atoms with Gasteiger partial charge < -0.3 is 20.9 Å². The van der Waals surface area contributed by atoms with Gasteiger partial charge in [0.2, 0.25) is 11.8 Å². The number of rotatable bonds is 4. The largest absolute Gasteiger partial charge is 0.472 e. The normalized spacial score (nSPS) is 22.4. The average Bonchev–Trinajstić information content (AvgIpc) is 3.21. The molecule has 5 rings (SSSR count). The maximum atomic E-state index is 6.24. The van der Waals surface area contributed by atoms with Gasteiger partial charge in [-0.3, -0.25) is 0 Å². The number of hydrogen-bond donors (Lipinski definition) is 2. The third-order valence-corrected chi connectivity index (χ3v) is 5.50. The molecular weight excluding hydrogens is 340 g/mol. The highest BCUT2D eigenvalue weighted by molar-refractivity contribution is 5.53. The molecule has 1 saturated carbocycles. The van der Waals surface area contributed by atoms with Gasteiger partial charge in [0.15, 0.2) is 0 Å². The van der Waals surface area contributed by atoms with E-state index in [9.17, 15) is 0 Å². The molecule has 136 valence electrons. The molecule has 0 amide bonds. The SMILES string of the molecule is Nc1cccnc1Oc1ccc2c(c1)C1CCC2C1Oc1ncccc1N. The summed E-state index contributed by atoms with van der Waals surface area (Å²) in [4.78, 5) is 8.49. The van der Waals surface area contributed by atoms with Crippen LogP contribution in [-0.2, 0) is 0 Å². The standard InChI is InChI=1S/C21H20N4O2/c22-17-3-1-9-24-20(17)26-12-5-6-13-14-7-8-15(16(13)11-12)19(14)27-21-18(23)4-2-10-25-21/h1-6,9-11,14-15,19H,7-8,22-23H2. The third-order valence-electron chi connectivity index (χ3n) is 5.50. The molecule has 3 unspecified atom stereocenters. The summed E-state index contributed by atoms with van der Waals surface area (Å²) in [6, 6.07) is 13.4. The predicted octanol–water partition coefficient (Wildman–Crippen LogP) is 3.86. The Morgan fingerprint density at radius 3 is 2.19 bits per heavy atom. The Bertz CT molecular complexity index is 1010. The number of nitrogens with two attached hydrogens (primary N) is 2. The minimum atomic E-state index is 0.0624. The van der Waals surface area contributed by atoms with Gasteiger partial charge in [0.05, 0.1) is 11.4 Å². The van der Waals surface area contributed by atoms with E-state index in [1.807, 2.05) is 18.2 Å². The van der Waals surface area contributed by atoms with Gasteiger partial charge in [-0.15, -0.1) is 0 Å². The Morgan fingerprint density at radius 1 is 0.815 bits per heavy atom. The molecule has 4 N–H and O–H groups in total. The maximum Gasteiger partial charge on any atom is 0.242 e. The fraction of sp³-hybridized carbons (Fsp3) is 0.238. The lowest BCUT2D eigenvalue weighted by atomic mass is 9.92. The molecular formula is C21H20N4O2. The second kappa shape index (κ2) is 6.16. The molecule has 2 aliphatic rings. The summed E-state index contributed by atoms with van der Waals surface area (Å²) in [5, 5.41) is 0. The topological polar surface area (TPSA) is 96.3 Å². The van der Waals surface area contributed by atoms with Crippen LogP contribution in [0.1, 0.15) is 35.8 Å². The fourth-order valence-electron chi connectivity index (χ4n) is 4.30. The van der Waals surface area contributed by atoms with E-state index < -0.39 is 0 Å². The van der Waals surface area contributed by atoms with Crippen LogP contribution >= 0.6 is 0 Å². The van der Waals surface area contributed by atoms with Gasteiger partial charge in [-0.2, -0.15) is 0 Å². The first kappa shape index (κ1) is 15.9. The van der Waals surface area contributed by atoms with Crippen molar-refractivity contribution in [1.29, 1.82) is 0 Å². The molecule has 2 aliphatic carbocycles. The first-order chi connectivity index (χ1) is 13.2. The van der Waals surface area contributed by atoms with Crippen LogP contribution in [0.2, 0.25) is 0 Å². The summed E-state index contributed by atoms with van der Waals surface area (Å²) >= 11 is 0. The molecule has 2 heterocycles. The summed E-state index contributed by atoms with van der Waals surface area (Å²) in [5.74, 6) is 2.36. The van der Waals surface area contributed by atoms with Crippen molar-refractivity contribution in [2.24, 2.45) is 0 Å². The van der Waals surface area contributed by atoms with E-state index in [0.29, 0.717) is 35.0 Å². The van der Waals surface area contributed by atoms with Crippen molar-refractivity contribution in [1.82, 2.24) is 9.97 Å². The summed E-state index contributed by atoms with van der Waals surface area (Å²) in [6.45, 7) is 0. The Morgan fingerprint density at radius 2 is 1.48 bits per heavy atom. The molecule has 0 spiro atoms. The second-order valence-electron chi connectivity index (χ2n) is 7.06. The van der Waals surface area contributed by atoms with Crippen LogP contribution in [0.15, 0.2) is 54.9 Å². The first-order valence-electron chi connectivity index (χ1n) is 9.10. The summed E-state index contributed by atoms with van der Waals surface area (Å²) in [6.07, 6.45) is 5.64. The highest BCUT2D eigenvalue weighted by atomic mass is 16.5. The molecule has 2 bridgehead atoms. The van der Waals surface area contributed by atoms with Crippen molar-refractivity contribution in [3.63, 3.8) is 0 Å². The second-order valence-corrected chi connectivity index (χ2v) is 7.06. The van der Waals surface area contributed by atoms with Gasteiger partial charge in [-0.25, -0.2) is 9.97 Å². The maximum absolute atomic E-state index is 6.24. The van der Waals surface area contributed by atoms with Crippen LogP contribution in [-0.4, -0.2) is 16.1 Å². The summed E-state index contributed by atoms with van der Waals surface area (Å²) < 4.78 is 12.1. The molecule has 1 aromatic carbocycles. The smallest absolute Gasteiger partial charge is 0.242 e. The van der Waals surface area contributed by atoms with Gasteiger partial charge in [-0.1, -0.05) is 6.07 Å². The molecule has 3 atom stereocenters. The van der Waals surface area contributed by atoms with Gasteiger partial charge in [0.1, 0.15) is 11.9 Å². The van der Waals surface area contributed by atoms with Crippen molar-refractivity contribution in [2.75, 3.05) is 11.5 Å². The molecule has 27 heavy (non-hydrogen) atoms. The number of anilines is 2.